The number of hydrogen-bond donors (Lipinski definition) is 0. The highest BCUT2D eigenvalue weighted by molar-refractivity contribution is 5.05. The van der Waals surface area contributed by atoms with Gasteiger partial charge in [-0.25, -0.2) is 0 Å². The molecule has 162 valence electrons. The lowest BCUT2D eigenvalue weighted by molar-refractivity contribution is 0.0209. The summed E-state index contributed by atoms with van der Waals surface area (Å²) in [6.45, 7) is 25.1. The van der Waals surface area contributed by atoms with E-state index < -0.39 is 0 Å². The lowest BCUT2D eigenvalue weighted by Gasteiger charge is -2.49. The topological polar surface area (TPSA) is 6.48 Å². The van der Waals surface area contributed by atoms with Crippen molar-refractivity contribution in [2.24, 2.45) is 28.1 Å². The standard InChI is InChI=1S/C26H48N2/c1-21(24(2,3)4)28-16-10-22(11-17-28)20-27-18-14-26(15-19-27)12-8-23(9-13-26)25(5,6)7/h22-23H,1,8-20H2,2-7H3. The van der Waals surface area contributed by atoms with Crippen LogP contribution >= 0.6 is 0 Å². The summed E-state index contributed by atoms with van der Waals surface area (Å²) in [4.78, 5) is 5.36. The van der Waals surface area contributed by atoms with Crippen LogP contribution < -0.4 is 0 Å². The highest BCUT2D eigenvalue weighted by atomic mass is 15.2. The lowest BCUT2D eigenvalue weighted by Crippen LogP contribution is -2.46. The predicted octanol–water partition coefficient (Wildman–Crippen LogP) is 6.58. The maximum atomic E-state index is 4.37. The monoisotopic (exact) mass is 388 g/mol. The average Bonchev–Trinajstić information content (AvgIpc) is 2.63. The van der Waals surface area contributed by atoms with Gasteiger partial charge in [0.15, 0.2) is 0 Å². The van der Waals surface area contributed by atoms with Crippen LogP contribution in [0.25, 0.3) is 0 Å². The molecular formula is C26H48N2. The van der Waals surface area contributed by atoms with Gasteiger partial charge in [-0.15, -0.1) is 0 Å². The minimum Gasteiger partial charge on any atom is -0.375 e. The molecule has 2 heteroatoms. The average molecular weight is 389 g/mol. The Balaban J connectivity index is 1.40. The molecule has 3 rings (SSSR count). The third kappa shape index (κ3) is 5.35. The first-order valence-electron chi connectivity index (χ1n) is 12.2. The van der Waals surface area contributed by atoms with E-state index in [9.17, 15) is 0 Å². The van der Waals surface area contributed by atoms with Crippen LogP contribution in [0, 0.1) is 28.1 Å². The van der Waals surface area contributed by atoms with Crippen LogP contribution in [0.15, 0.2) is 12.3 Å². The predicted molar refractivity (Wildman–Crippen MR) is 122 cm³/mol. The SMILES string of the molecule is C=C(N1CCC(CN2CCC3(CCC(C(C)(C)C)CC3)CC2)CC1)C(C)(C)C. The van der Waals surface area contributed by atoms with Crippen molar-refractivity contribution in [3.8, 4) is 0 Å². The molecule has 3 aliphatic rings. The summed E-state index contributed by atoms with van der Waals surface area (Å²) < 4.78 is 0. The second-order valence-corrected chi connectivity index (χ2v) is 12.6. The van der Waals surface area contributed by atoms with Crippen LogP contribution in [0.2, 0.25) is 0 Å². The molecule has 0 unspecified atom stereocenters. The van der Waals surface area contributed by atoms with Gasteiger partial charge in [-0.1, -0.05) is 48.1 Å². The molecule has 0 atom stereocenters. The number of allylic oxidation sites excluding steroid dienone is 1. The molecule has 0 bridgehead atoms. The Kier molecular flexibility index (Phi) is 6.60. The normalized spacial score (nSPS) is 26.0. The van der Waals surface area contributed by atoms with Crippen molar-refractivity contribution in [3.63, 3.8) is 0 Å². The molecule has 2 aliphatic heterocycles. The highest BCUT2D eigenvalue weighted by Gasteiger charge is 2.40. The molecule has 2 nitrogen and oxygen atoms in total. The van der Waals surface area contributed by atoms with E-state index in [0.29, 0.717) is 10.8 Å². The molecule has 0 amide bonds. The molecule has 1 saturated carbocycles. The van der Waals surface area contributed by atoms with Crippen LogP contribution in [0.4, 0.5) is 0 Å². The Labute approximate surface area is 176 Å². The van der Waals surface area contributed by atoms with Gasteiger partial charge in [0.05, 0.1) is 0 Å². The Morgan fingerprint density at radius 3 is 1.82 bits per heavy atom. The van der Waals surface area contributed by atoms with Gasteiger partial charge in [-0.05, 0) is 87.1 Å². The maximum absolute atomic E-state index is 4.37. The summed E-state index contributed by atoms with van der Waals surface area (Å²) in [5, 5.41) is 0. The Morgan fingerprint density at radius 1 is 0.821 bits per heavy atom. The minimum atomic E-state index is 0.208. The van der Waals surface area contributed by atoms with Gasteiger partial charge < -0.3 is 9.80 Å². The largest absolute Gasteiger partial charge is 0.375 e. The summed E-state index contributed by atoms with van der Waals surface area (Å²) in [6, 6.07) is 0. The number of likely N-dealkylation sites (tertiary alicyclic amines) is 2. The molecule has 2 heterocycles. The zero-order valence-electron chi connectivity index (χ0n) is 19.9. The molecule has 0 aromatic carbocycles. The molecule has 0 radical (unpaired) electrons. The number of rotatable bonds is 3. The van der Waals surface area contributed by atoms with Crippen molar-refractivity contribution >= 4 is 0 Å². The van der Waals surface area contributed by atoms with E-state index in [4.69, 9.17) is 0 Å². The first-order valence-corrected chi connectivity index (χ1v) is 12.2. The fourth-order valence-corrected chi connectivity index (χ4v) is 6.03. The summed E-state index contributed by atoms with van der Waals surface area (Å²) in [6.07, 6.45) is 11.6. The number of hydrogen-bond acceptors (Lipinski definition) is 2. The van der Waals surface area contributed by atoms with E-state index >= 15 is 0 Å². The van der Waals surface area contributed by atoms with Crippen molar-refractivity contribution in [1.29, 1.82) is 0 Å². The van der Waals surface area contributed by atoms with E-state index in [-0.39, 0.29) is 5.41 Å². The van der Waals surface area contributed by atoms with E-state index in [1.165, 1.54) is 89.8 Å². The highest BCUT2D eigenvalue weighted by Crippen LogP contribution is 2.50. The van der Waals surface area contributed by atoms with Crippen molar-refractivity contribution in [2.45, 2.75) is 92.9 Å². The molecule has 0 N–H and O–H groups in total. The fourth-order valence-electron chi connectivity index (χ4n) is 6.03. The number of nitrogens with zero attached hydrogens (tertiary/aromatic N) is 2. The summed E-state index contributed by atoms with van der Waals surface area (Å²) in [5.74, 6) is 1.85. The second kappa shape index (κ2) is 8.32. The third-order valence-electron chi connectivity index (χ3n) is 8.57. The molecular weight excluding hydrogens is 340 g/mol. The Bertz CT molecular complexity index is 510. The lowest BCUT2D eigenvalue weighted by atomic mass is 9.61. The van der Waals surface area contributed by atoms with Gasteiger partial charge in [-0.2, -0.15) is 0 Å². The zero-order valence-corrected chi connectivity index (χ0v) is 19.9. The first-order chi connectivity index (χ1) is 13.0. The van der Waals surface area contributed by atoms with Crippen molar-refractivity contribution in [3.05, 3.63) is 12.3 Å². The fraction of sp³-hybridized carbons (Fsp3) is 0.923. The zero-order chi connectivity index (χ0) is 20.6. The van der Waals surface area contributed by atoms with E-state index in [1.807, 2.05) is 0 Å². The van der Waals surface area contributed by atoms with Gasteiger partial charge in [0.25, 0.3) is 0 Å². The first kappa shape index (κ1) is 22.2. The quantitative estimate of drug-likeness (QED) is 0.539. The van der Waals surface area contributed by atoms with Gasteiger partial charge in [0.1, 0.15) is 0 Å². The molecule has 1 aliphatic carbocycles. The van der Waals surface area contributed by atoms with Crippen molar-refractivity contribution in [1.82, 2.24) is 9.80 Å². The minimum absolute atomic E-state index is 0.208. The second-order valence-electron chi connectivity index (χ2n) is 12.6. The smallest absolute Gasteiger partial charge is 0.0178 e. The molecule has 3 fully saturated rings. The van der Waals surface area contributed by atoms with Crippen LogP contribution in [-0.2, 0) is 0 Å². The van der Waals surface area contributed by atoms with Gasteiger partial charge >= 0.3 is 0 Å². The third-order valence-corrected chi connectivity index (χ3v) is 8.57. The maximum Gasteiger partial charge on any atom is 0.0178 e. The Morgan fingerprint density at radius 2 is 1.36 bits per heavy atom. The molecule has 1 spiro atoms. The van der Waals surface area contributed by atoms with Gasteiger partial charge in [0.2, 0.25) is 0 Å². The van der Waals surface area contributed by atoms with E-state index in [0.717, 1.165) is 11.8 Å². The Hall–Kier alpha value is -0.500. The van der Waals surface area contributed by atoms with Gasteiger partial charge in [0, 0.05) is 30.7 Å². The molecule has 0 aromatic rings. The summed E-state index contributed by atoms with van der Waals surface area (Å²) in [5.41, 5.74) is 2.75. The number of piperidine rings is 2. The van der Waals surface area contributed by atoms with Gasteiger partial charge in [-0.3, -0.25) is 0 Å². The van der Waals surface area contributed by atoms with Crippen LogP contribution in [0.5, 0.6) is 0 Å². The van der Waals surface area contributed by atoms with Crippen molar-refractivity contribution in [2.75, 3.05) is 32.7 Å². The summed E-state index contributed by atoms with van der Waals surface area (Å²) >= 11 is 0. The van der Waals surface area contributed by atoms with Crippen LogP contribution in [-0.4, -0.2) is 42.5 Å². The van der Waals surface area contributed by atoms with Crippen molar-refractivity contribution < 1.29 is 0 Å². The molecule has 0 aromatic heterocycles. The summed E-state index contributed by atoms with van der Waals surface area (Å²) in [7, 11) is 0. The molecule has 28 heavy (non-hydrogen) atoms. The van der Waals surface area contributed by atoms with Crippen LogP contribution in [0.1, 0.15) is 92.9 Å². The van der Waals surface area contributed by atoms with Crippen LogP contribution in [0.3, 0.4) is 0 Å². The van der Waals surface area contributed by atoms with E-state index in [1.54, 1.807) is 0 Å². The van der Waals surface area contributed by atoms with E-state index in [2.05, 4.69) is 57.9 Å². The molecule has 2 saturated heterocycles.